The average molecular weight is 418 g/mol. The molecule has 30 heavy (non-hydrogen) atoms. The maximum atomic E-state index is 15.0. The fraction of sp³-hybridized carbons (Fsp3) is 0.250. The number of halogens is 3. The maximum absolute atomic E-state index is 15.0. The number of H-pyrrole nitrogens is 1. The lowest BCUT2D eigenvalue weighted by molar-refractivity contribution is 0.151. The zero-order valence-corrected chi connectivity index (χ0v) is 16.1. The minimum Gasteiger partial charge on any atom is -0.482 e. The van der Waals surface area contributed by atoms with Crippen LogP contribution < -0.4 is 15.2 Å². The highest BCUT2D eigenvalue weighted by atomic mass is 19.3. The normalized spacial score (nSPS) is 10.8. The number of ether oxygens (including phenoxy) is 2. The molecule has 0 saturated heterocycles. The van der Waals surface area contributed by atoms with Gasteiger partial charge in [0.25, 0.3) is 6.43 Å². The second kappa shape index (κ2) is 8.73. The summed E-state index contributed by atoms with van der Waals surface area (Å²) in [6, 6.07) is 6.31. The minimum absolute atomic E-state index is 0.00744. The molecule has 0 aliphatic heterocycles. The predicted molar refractivity (Wildman–Crippen MR) is 102 cm³/mol. The van der Waals surface area contributed by atoms with Crippen LogP contribution in [0.4, 0.5) is 18.9 Å². The first kappa shape index (κ1) is 21.0. The Hall–Kier alpha value is -3.74. The van der Waals surface area contributed by atoms with Crippen molar-refractivity contribution in [2.45, 2.75) is 26.4 Å². The van der Waals surface area contributed by atoms with Crippen LogP contribution in [0.1, 0.15) is 30.3 Å². The van der Waals surface area contributed by atoms with E-state index < -0.39 is 23.5 Å². The first-order valence-corrected chi connectivity index (χ1v) is 8.87. The zero-order valence-electron chi connectivity index (χ0n) is 16.1. The number of nitrogens with zero attached hydrogens (tertiary/aromatic N) is 3. The number of nitrogens with one attached hydrogen (secondary N) is 1. The molecule has 2 aromatic carbocycles. The van der Waals surface area contributed by atoms with E-state index in [9.17, 15) is 18.0 Å². The Balaban J connectivity index is 1.98. The first-order valence-electron chi connectivity index (χ1n) is 8.87. The molecule has 10 heteroatoms. The molecule has 0 atom stereocenters. The summed E-state index contributed by atoms with van der Waals surface area (Å²) in [6.07, 6.45) is -2.46. The molecule has 3 aromatic rings. The van der Waals surface area contributed by atoms with Crippen LogP contribution in [0, 0.1) is 12.4 Å². The molecule has 0 amide bonds. The third-order valence-electron chi connectivity index (χ3n) is 4.37. The van der Waals surface area contributed by atoms with Gasteiger partial charge in [-0.2, -0.15) is 5.10 Å². The summed E-state index contributed by atoms with van der Waals surface area (Å²) in [4.78, 5) is 14.6. The molecule has 0 bridgehead atoms. The van der Waals surface area contributed by atoms with Gasteiger partial charge in [0.1, 0.15) is 12.4 Å². The van der Waals surface area contributed by atoms with Crippen molar-refractivity contribution in [2.24, 2.45) is 7.05 Å². The van der Waals surface area contributed by atoms with Crippen LogP contribution in [-0.2, 0) is 20.1 Å². The smallest absolute Gasteiger partial charge is 0.343 e. The molecule has 3 rings (SSSR count). The summed E-state index contributed by atoms with van der Waals surface area (Å²) in [6.45, 7) is 8.66. The number of aromatic nitrogens is 3. The Morgan fingerprint density at radius 2 is 2.07 bits per heavy atom. The Kier molecular flexibility index (Phi) is 6.11. The monoisotopic (exact) mass is 418 g/mol. The van der Waals surface area contributed by atoms with Crippen molar-refractivity contribution in [3.05, 3.63) is 75.0 Å². The van der Waals surface area contributed by atoms with E-state index in [1.165, 1.54) is 29.8 Å². The SMILES string of the molecule is [C-]#[N+]c1cc(Oc2c(OCc3n[nH]c(=O)n3C)ccc(CC)c2F)cc(C(F)F)c1. The van der Waals surface area contributed by atoms with Crippen molar-refractivity contribution in [1.29, 1.82) is 0 Å². The van der Waals surface area contributed by atoms with Crippen LogP contribution >= 0.6 is 0 Å². The van der Waals surface area contributed by atoms with E-state index in [-0.39, 0.29) is 35.4 Å². The van der Waals surface area contributed by atoms with E-state index in [0.29, 0.717) is 12.0 Å². The van der Waals surface area contributed by atoms with Gasteiger partial charge in [-0.05, 0) is 36.2 Å². The van der Waals surface area contributed by atoms with Gasteiger partial charge in [-0.1, -0.05) is 13.0 Å². The van der Waals surface area contributed by atoms with E-state index in [1.807, 2.05) is 0 Å². The van der Waals surface area contributed by atoms with Gasteiger partial charge >= 0.3 is 5.69 Å². The largest absolute Gasteiger partial charge is 0.482 e. The van der Waals surface area contributed by atoms with Crippen LogP contribution in [0.15, 0.2) is 35.1 Å². The molecule has 7 nitrogen and oxygen atoms in total. The molecule has 0 fully saturated rings. The van der Waals surface area contributed by atoms with Gasteiger partial charge in [-0.25, -0.2) is 27.9 Å². The van der Waals surface area contributed by atoms with Gasteiger partial charge in [0.05, 0.1) is 6.57 Å². The van der Waals surface area contributed by atoms with E-state index >= 15 is 0 Å². The molecule has 156 valence electrons. The molecule has 1 heterocycles. The molecular formula is C20H17F3N4O3. The molecule has 0 aliphatic rings. The summed E-state index contributed by atoms with van der Waals surface area (Å²) in [7, 11) is 1.49. The fourth-order valence-corrected chi connectivity index (χ4v) is 2.68. The van der Waals surface area contributed by atoms with Gasteiger partial charge in [0, 0.05) is 12.6 Å². The molecular weight excluding hydrogens is 401 g/mol. The van der Waals surface area contributed by atoms with Crippen molar-refractivity contribution < 1.29 is 22.6 Å². The lowest BCUT2D eigenvalue weighted by atomic mass is 10.1. The molecule has 0 spiro atoms. The number of hydrogen-bond acceptors (Lipinski definition) is 4. The number of benzene rings is 2. The van der Waals surface area contributed by atoms with Crippen molar-refractivity contribution in [3.63, 3.8) is 0 Å². The quantitative estimate of drug-likeness (QED) is 0.566. The number of aromatic amines is 1. The van der Waals surface area contributed by atoms with E-state index in [0.717, 1.165) is 12.1 Å². The summed E-state index contributed by atoms with van der Waals surface area (Å²) < 4.78 is 53.6. The fourth-order valence-electron chi connectivity index (χ4n) is 2.68. The van der Waals surface area contributed by atoms with Gasteiger partial charge in [0.2, 0.25) is 5.75 Å². The third-order valence-corrected chi connectivity index (χ3v) is 4.37. The molecule has 0 radical (unpaired) electrons. The second-order valence-electron chi connectivity index (χ2n) is 6.29. The molecule has 0 unspecified atom stereocenters. The van der Waals surface area contributed by atoms with Gasteiger partial charge in [0.15, 0.2) is 23.1 Å². The van der Waals surface area contributed by atoms with Crippen LogP contribution in [-0.4, -0.2) is 14.8 Å². The second-order valence-corrected chi connectivity index (χ2v) is 6.29. The maximum Gasteiger partial charge on any atom is 0.343 e. The van der Waals surface area contributed by atoms with Crippen molar-refractivity contribution in [3.8, 4) is 17.2 Å². The average Bonchev–Trinajstić information content (AvgIpc) is 3.06. The van der Waals surface area contributed by atoms with Crippen LogP contribution in [0.2, 0.25) is 0 Å². The summed E-state index contributed by atoms with van der Waals surface area (Å²) >= 11 is 0. The lowest BCUT2D eigenvalue weighted by Crippen LogP contribution is -2.15. The summed E-state index contributed by atoms with van der Waals surface area (Å²) in [5, 5.41) is 6.06. The number of rotatable bonds is 7. The van der Waals surface area contributed by atoms with Gasteiger partial charge < -0.3 is 9.47 Å². The Labute approximate surface area is 169 Å². The van der Waals surface area contributed by atoms with Crippen molar-refractivity contribution in [2.75, 3.05) is 0 Å². The van der Waals surface area contributed by atoms with Crippen LogP contribution in [0.3, 0.4) is 0 Å². The predicted octanol–water partition coefficient (Wildman–Crippen LogP) is 4.67. The Bertz CT molecular complexity index is 1170. The highest BCUT2D eigenvalue weighted by Crippen LogP contribution is 2.39. The molecule has 0 saturated carbocycles. The topological polar surface area (TPSA) is 73.5 Å². The number of aryl methyl sites for hydroxylation is 1. The van der Waals surface area contributed by atoms with Crippen LogP contribution in [0.5, 0.6) is 17.2 Å². The molecule has 1 aromatic heterocycles. The summed E-state index contributed by atoms with van der Waals surface area (Å²) in [5.74, 6) is -0.884. The van der Waals surface area contributed by atoms with Crippen LogP contribution in [0.25, 0.3) is 4.85 Å². The first-order chi connectivity index (χ1) is 14.3. The van der Waals surface area contributed by atoms with Crippen molar-refractivity contribution >= 4 is 5.69 Å². The standard InChI is InChI=1S/C20H17F3N4O3/c1-4-11-5-6-15(29-10-16-25-26-20(28)27(16)3)18(17(11)21)30-14-8-12(19(22)23)7-13(9-14)24-2/h5-9,19H,4,10H2,1,3H3,(H,26,28). The summed E-state index contributed by atoms with van der Waals surface area (Å²) in [5.41, 5.74) is -0.587. The Morgan fingerprint density at radius 3 is 2.67 bits per heavy atom. The molecule has 1 N–H and O–H groups in total. The van der Waals surface area contributed by atoms with E-state index in [2.05, 4.69) is 15.0 Å². The highest BCUT2D eigenvalue weighted by Gasteiger charge is 2.19. The third kappa shape index (κ3) is 4.30. The number of alkyl halides is 2. The minimum atomic E-state index is -2.82. The van der Waals surface area contributed by atoms with Gasteiger partial charge in [-0.3, -0.25) is 4.57 Å². The van der Waals surface area contributed by atoms with E-state index in [4.69, 9.17) is 16.0 Å². The molecule has 0 aliphatic carbocycles. The number of hydrogen-bond donors (Lipinski definition) is 1. The lowest BCUT2D eigenvalue weighted by Gasteiger charge is -2.16. The van der Waals surface area contributed by atoms with Crippen molar-refractivity contribution in [1.82, 2.24) is 14.8 Å². The van der Waals surface area contributed by atoms with E-state index in [1.54, 1.807) is 6.92 Å². The highest BCUT2D eigenvalue weighted by molar-refractivity contribution is 5.55. The van der Waals surface area contributed by atoms with Gasteiger partial charge in [-0.15, -0.1) is 0 Å². The zero-order chi connectivity index (χ0) is 21.8. The Morgan fingerprint density at radius 1 is 1.30 bits per heavy atom.